The molecule has 0 saturated heterocycles. The quantitative estimate of drug-likeness (QED) is 0.634. The van der Waals surface area contributed by atoms with Gasteiger partial charge in [-0.05, 0) is 30.3 Å². The minimum Gasteiger partial charge on any atom is -0.497 e. The van der Waals surface area contributed by atoms with Crippen LogP contribution in [0.15, 0.2) is 67.0 Å². The van der Waals surface area contributed by atoms with E-state index in [4.69, 9.17) is 9.47 Å². The number of carbonyl (C=O) groups is 2. The molecule has 2 N–H and O–H groups in total. The number of para-hydroxylation sites is 1. The largest absolute Gasteiger partial charge is 0.497 e. The number of hydrogen-bond acceptors (Lipinski definition) is 6. The van der Waals surface area contributed by atoms with Crippen LogP contribution in [-0.4, -0.2) is 31.1 Å². The molecule has 1 amide bonds. The Hall–Kier alpha value is -3.87. The standard InChI is InChI=1S/C21H19N3O4/c1-27-17-7-5-6-15(11-17)23-16-10-14(12-22-13-16)20(25)24-19-9-4-3-8-18(19)21(26)28-2/h3-13,23H,1-2H3,(H,24,25). The first-order valence-electron chi connectivity index (χ1n) is 8.45. The highest BCUT2D eigenvalue weighted by molar-refractivity contribution is 6.08. The molecule has 0 spiro atoms. The Balaban J connectivity index is 1.78. The summed E-state index contributed by atoms with van der Waals surface area (Å²) >= 11 is 0. The van der Waals surface area contributed by atoms with Gasteiger partial charge in [0.25, 0.3) is 5.91 Å². The highest BCUT2D eigenvalue weighted by Crippen LogP contribution is 2.22. The number of carbonyl (C=O) groups excluding carboxylic acids is 2. The van der Waals surface area contributed by atoms with Crippen LogP contribution in [0.5, 0.6) is 5.75 Å². The number of esters is 1. The van der Waals surface area contributed by atoms with Crippen LogP contribution < -0.4 is 15.4 Å². The van der Waals surface area contributed by atoms with Gasteiger partial charge in [-0.15, -0.1) is 0 Å². The Morgan fingerprint density at radius 3 is 2.54 bits per heavy atom. The average molecular weight is 377 g/mol. The molecule has 3 rings (SSSR count). The number of rotatable bonds is 6. The number of nitrogens with one attached hydrogen (secondary N) is 2. The third kappa shape index (κ3) is 4.45. The van der Waals surface area contributed by atoms with Crippen molar-refractivity contribution in [3.8, 4) is 5.75 Å². The Labute approximate surface area is 162 Å². The second kappa shape index (κ2) is 8.68. The molecule has 1 aromatic heterocycles. The molecule has 7 nitrogen and oxygen atoms in total. The Morgan fingerprint density at radius 2 is 1.75 bits per heavy atom. The van der Waals surface area contributed by atoms with Gasteiger partial charge in [-0.25, -0.2) is 4.79 Å². The van der Waals surface area contributed by atoms with Gasteiger partial charge in [-0.3, -0.25) is 9.78 Å². The van der Waals surface area contributed by atoms with Crippen molar-refractivity contribution in [2.45, 2.75) is 0 Å². The predicted octanol–water partition coefficient (Wildman–Crippen LogP) is 3.87. The van der Waals surface area contributed by atoms with E-state index in [1.807, 2.05) is 24.3 Å². The number of pyridine rings is 1. The third-order valence-electron chi connectivity index (χ3n) is 3.94. The second-order valence-electron chi connectivity index (χ2n) is 5.81. The molecule has 7 heteroatoms. The van der Waals surface area contributed by atoms with E-state index in [1.54, 1.807) is 43.6 Å². The Bertz CT molecular complexity index is 1000. The fourth-order valence-electron chi connectivity index (χ4n) is 2.57. The number of methoxy groups -OCH3 is 2. The number of ether oxygens (including phenoxy) is 2. The molecule has 0 aliphatic carbocycles. The molecule has 0 saturated carbocycles. The number of aromatic nitrogens is 1. The molecule has 2 aromatic carbocycles. The van der Waals surface area contributed by atoms with Crippen molar-refractivity contribution in [1.29, 1.82) is 0 Å². The van der Waals surface area contributed by atoms with Gasteiger partial charge >= 0.3 is 5.97 Å². The summed E-state index contributed by atoms with van der Waals surface area (Å²) in [6.45, 7) is 0. The third-order valence-corrected chi connectivity index (χ3v) is 3.94. The summed E-state index contributed by atoms with van der Waals surface area (Å²) in [6, 6.07) is 15.7. The molecule has 0 unspecified atom stereocenters. The molecule has 0 atom stereocenters. The van der Waals surface area contributed by atoms with E-state index < -0.39 is 11.9 Å². The number of amides is 1. The van der Waals surface area contributed by atoms with Crippen LogP contribution >= 0.6 is 0 Å². The maximum Gasteiger partial charge on any atom is 0.339 e. The second-order valence-corrected chi connectivity index (χ2v) is 5.81. The summed E-state index contributed by atoms with van der Waals surface area (Å²) in [4.78, 5) is 28.6. The van der Waals surface area contributed by atoms with Crippen molar-refractivity contribution < 1.29 is 19.1 Å². The lowest BCUT2D eigenvalue weighted by Crippen LogP contribution is -2.15. The monoisotopic (exact) mass is 377 g/mol. The van der Waals surface area contributed by atoms with Gasteiger partial charge < -0.3 is 20.1 Å². The van der Waals surface area contributed by atoms with E-state index in [-0.39, 0.29) is 5.56 Å². The van der Waals surface area contributed by atoms with Crippen molar-refractivity contribution >= 4 is 28.9 Å². The highest BCUT2D eigenvalue weighted by atomic mass is 16.5. The minimum atomic E-state index is -0.525. The van der Waals surface area contributed by atoms with Crippen LogP contribution in [-0.2, 0) is 4.74 Å². The van der Waals surface area contributed by atoms with Crippen LogP contribution in [0.3, 0.4) is 0 Å². The van der Waals surface area contributed by atoms with Gasteiger partial charge in [-0.1, -0.05) is 18.2 Å². The van der Waals surface area contributed by atoms with Crippen molar-refractivity contribution in [1.82, 2.24) is 4.98 Å². The molecule has 0 fully saturated rings. The van der Waals surface area contributed by atoms with Crippen LogP contribution in [0.25, 0.3) is 0 Å². The summed E-state index contributed by atoms with van der Waals surface area (Å²) in [5.41, 5.74) is 2.42. The van der Waals surface area contributed by atoms with E-state index in [1.165, 1.54) is 13.3 Å². The topological polar surface area (TPSA) is 89.5 Å². The average Bonchev–Trinajstić information content (AvgIpc) is 2.74. The molecular weight excluding hydrogens is 358 g/mol. The molecule has 0 bridgehead atoms. The zero-order valence-corrected chi connectivity index (χ0v) is 15.4. The van der Waals surface area contributed by atoms with Crippen molar-refractivity contribution in [2.24, 2.45) is 0 Å². The first-order valence-corrected chi connectivity index (χ1v) is 8.45. The molecule has 142 valence electrons. The molecule has 3 aromatic rings. The Morgan fingerprint density at radius 1 is 0.929 bits per heavy atom. The molecule has 0 aliphatic heterocycles. The first-order chi connectivity index (χ1) is 13.6. The van der Waals surface area contributed by atoms with E-state index in [2.05, 4.69) is 15.6 Å². The van der Waals surface area contributed by atoms with Crippen molar-refractivity contribution in [2.75, 3.05) is 24.9 Å². The Kier molecular flexibility index (Phi) is 5.86. The van der Waals surface area contributed by atoms with Gasteiger partial charge in [0.2, 0.25) is 0 Å². The number of anilines is 3. The maximum absolute atomic E-state index is 12.6. The van der Waals surface area contributed by atoms with Crippen LogP contribution in [0.4, 0.5) is 17.1 Å². The summed E-state index contributed by atoms with van der Waals surface area (Å²) in [5.74, 6) is -0.202. The van der Waals surface area contributed by atoms with E-state index in [0.717, 1.165) is 5.69 Å². The maximum atomic E-state index is 12.6. The summed E-state index contributed by atoms with van der Waals surface area (Å²) in [5, 5.41) is 5.90. The lowest BCUT2D eigenvalue weighted by molar-refractivity contribution is 0.0602. The lowest BCUT2D eigenvalue weighted by atomic mass is 10.1. The van der Waals surface area contributed by atoms with Gasteiger partial charge in [-0.2, -0.15) is 0 Å². The lowest BCUT2D eigenvalue weighted by Gasteiger charge is -2.11. The van der Waals surface area contributed by atoms with Gasteiger partial charge in [0, 0.05) is 18.0 Å². The minimum absolute atomic E-state index is 0.275. The fraction of sp³-hybridized carbons (Fsp3) is 0.0952. The van der Waals surface area contributed by atoms with Crippen molar-refractivity contribution in [3.63, 3.8) is 0 Å². The summed E-state index contributed by atoms with van der Waals surface area (Å²) < 4.78 is 9.95. The number of hydrogen-bond donors (Lipinski definition) is 2. The van der Waals surface area contributed by atoms with Crippen molar-refractivity contribution in [3.05, 3.63) is 78.1 Å². The fourth-order valence-corrected chi connectivity index (χ4v) is 2.57. The summed E-state index contributed by atoms with van der Waals surface area (Å²) in [7, 11) is 2.89. The van der Waals surface area contributed by atoms with E-state index in [9.17, 15) is 9.59 Å². The number of benzene rings is 2. The zero-order chi connectivity index (χ0) is 19.9. The SMILES string of the molecule is COC(=O)c1ccccc1NC(=O)c1cncc(Nc2cccc(OC)c2)c1. The van der Waals surface area contributed by atoms with Gasteiger partial charge in [0.15, 0.2) is 0 Å². The highest BCUT2D eigenvalue weighted by Gasteiger charge is 2.14. The summed E-state index contributed by atoms with van der Waals surface area (Å²) in [6.07, 6.45) is 3.06. The van der Waals surface area contributed by atoms with E-state index >= 15 is 0 Å². The van der Waals surface area contributed by atoms with Crippen LogP contribution in [0, 0.1) is 0 Å². The van der Waals surface area contributed by atoms with Crippen LogP contribution in [0.1, 0.15) is 20.7 Å². The molecule has 28 heavy (non-hydrogen) atoms. The predicted molar refractivity (Wildman–Crippen MR) is 106 cm³/mol. The van der Waals surface area contributed by atoms with Crippen LogP contribution in [0.2, 0.25) is 0 Å². The molecule has 1 heterocycles. The van der Waals surface area contributed by atoms with E-state index in [0.29, 0.717) is 22.7 Å². The van der Waals surface area contributed by atoms with Gasteiger partial charge in [0.1, 0.15) is 5.75 Å². The number of nitrogens with zero attached hydrogens (tertiary/aromatic N) is 1. The molecule has 0 aliphatic rings. The zero-order valence-electron chi connectivity index (χ0n) is 15.4. The first kappa shape index (κ1) is 18.9. The van der Waals surface area contributed by atoms with Gasteiger partial charge in [0.05, 0.1) is 42.9 Å². The normalized spacial score (nSPS) is 10.1. The molecular formula is C21H19N3O4. The molecule has 0 radical (unpaired) electrons. The smallest absolute Gasteiger partial charge is 0.339 e.